The maximum absolute atomic E-state index is 6.64. The van der Waals surface area contributed by atoms with Crippen LogP contribution in [0.15, 0.2) is 388 Å². The fraction of sp³-hybridized carbons (Fsp3) is 0.00855. The van der Waals surface area contributed by atoms with E-state index in [1.54, 1.807) is 22.7 Å². The van der Waals surface area contributed by atoms with E-state index in [-0.39, 0.29) is 0 Å². The van der Waals surface area contributed by atoms with Gasteiger partial charge in [0.15, 0.2) is 34.9 Å². The Bertz CT molecular complexity index is 9730. The van der Waals surface area contributed by atoms with Crippen molar-refractivity contribution in [3.8, 4) is 79.7 Å². The fourth-order valence-electron chi connectivity index (χ4n) is 20.7. The van der Waals surface area contributed by atoms with E-state index in [4.69, 9.17) is 47.6 Å². The molecule has 131 heavy (non-hydrogen) atoms. The first-order chi connectivity index (χ1) is 64.8. The summed E-state index contributed by atoms with van der Waals surface area (Å²) >= 11 is 3.53. The number of rotatable bonds is 9. The second-order valence-corrected chi connectivity index (χ2v) is 35.9. The van der Waals surface area contributed by atoms with Crippen molar-refractivity contribution >= 4 is 233 Å². The molecule has 0 saturated carbocycles. The Morgan fingerprint density at radius 1 is 0.252 bits per heavy atom. The highest BCUT2D eigenvalue weighted by Gasteiger charge is 2.29. The quantitative estimate of drug-likeness (QED) is 0.137. The van der Waals surface area contributed by atoms with Crippen molar-refractivity contribution in [1.82, 2.24) is 39.0 Å². The Hall–Kier alpha value is -17.0. The van der Waals surface area contributed by atoms with Crippen molar-refractivity contribution < 1.29 is 17.7 Å². The van der Waals surface area contributed by atoms with Crippen LogP contribution < -0.4 is 0 Å². The van der Waals surface area contributed by atoms with Crippen LogP contribution >= 0.6 is 22.7 Å². The maximum Gasteiger partial charge on any atom is 0.167 e. The number of aromatic nitrogens is 8. The molecule has 0 fully saturated rings. The molecular weight excluding hydrogens is 1650 g/mol. The predicted octanol–water partition coefficient (Wildman–Crippen LogP) is 32.7. The minimum absolute atomic E-state index is 0.513. The van der Waals surface area contributed by atoms with Crippen LogP contribution in [0, 0.1) is 6.92 Å². The molecule has 0 aliphatic carbocycles. The van der Waals surface area contributed by atoms with Gasteiger partial charge in [-0.3, -0.25) is 0 Å². The SMILES string of the molecule is C=Cc1c(C)oc2c(-c3nc(-c4ccc5c(c4)oc4ccccc45)nc(-c4cc(-n5c6ccc7ccccc7c6c6c7ccccc7ccc65)cc5c4sc4ccccc45)n3)cccc12.c1ccc2c(c1)ccc1c2c2c3ccccc3ccc2n1-c1cc(-c2nc(-c3cccc4c3oc3ccccc34)nc(-c3cccc4c3oc3ccccc34)n2)c2sc3ccccc3c2c1. The Kier molecular flexibility index (Phi) is 15.8. The zero-order chi connectivity index (χ0) is 86.0. The minimum atomic E-state index is 0.513. The lowest BCUT2D eigenvalue weighted by molar-refractivity contribution is 0.578. The number of para-hydroxylation sites is 6. The van der Waals surface area contributed by atoms with Crippen LogP contribution in [0.5, 0.6) is 0 Å². The summed E-state index contributed by atoms with van der Waals surface area (Å²) in [5.41, 5.74) is 17.9. The minimum Gasteiger partial charge on any atom is -0.460 e. The van der Waals surface area contributed by atoms with Crippen molar-refractivity contribution in [2.75, 3.05) is 0 Å². The summed E-state index contributed by atoms with van der Waals surface area (Å²) in [6.45, 7) is 6.07. The lowest BCUT2D eigenvalue weighted by Crippen LogP contribution is -2.02. The molecule has 0 spiro atoms. The van der Waals surface area contributed by atoms with Crippen LogP contribution in [0.2, 0.25) is 0 Å². The summed E-state index contributed by atoms with van der Waals surface area (Å²) in [4.78, 5) is 32.4. The third-order valence-electron chi connectivity index (χ3n) is 26.6. The maximum atomic E-state index is 6.64. The average molecular weight is 1710 g/mol. The van der Waals surface area contributed by atoms with Crippen molar-refractivity contribution in [3.05, 3.63) is 382 Å². The Labute approximate surface area is 752 Å². The summed E-state index contributed by atoms with van der Waals surface area (Å²) in [6.07, 6.45) is 1.85. The van der Waals surface area contributed by atoms with Gasteiger partial charge in [-0.1, -0.05) is 267 Å². The van der Waals surface area contributed by atoms with Gasteiger partial charge in [0.1, 0.15) is 44.8 Å². The second kappa shape index (κ2) is 28.2. The first-order valence-electron chi connectivity index (χ1n) is 43.8. The molecule has 10 aromatic heterocycles. The van der Waals surface area contributed by atoms with Gasteiger partial charge < -0.3 is 26.8 Å². The molecule has 0 unspecified atom stereocenters. The van der Waals surface area contributed by atoms with Gasteiger partial charge in [-0.2, -0.15) is 0 Å². The molecule has 0 saturated heterocycles. The van der Waals surface area contributed by atoms with Gasteiger partial charge in [-0.15, -0.1) is 22.7 Å². The number of hydrogen-bond acceptors (Lipinski definition) is 12. The Morgan fingerprint density at radius 3 is 1.00 bits per heavy atom. The van der Waals surface area contributed by atoms with E-state index in [0.717, 1.165) is 170 Å². The molecule has 0 amide bonds. The van der Waals surface area contributed by atoms with Crippen LogP contribution in [-0.2, 0) is 0 Å². The lowest BCUT2D eigenvalue weighted by Gasteiger charge is -2.13. The van der Waals surface area contributed by atoms with E-state index < -0.39 is 0 Å². The van der Waals surface area contributed by atoms with E-state index in [9.17, 15) is 0 Å². The average Bonchev–Trinajstić information content (AvgIpc) is 1.55. The van der Waals surface area contributed by atoms with Crippen LogP contribution in [-0.4, -0.2) is 39.0 Å². The van der Waals surface area contributed by atoms with E-state index in [0.29, 0.717) is 40.5 Å². The summed E-state index contributed by atoms with van der Waals surface area (Å²) in [6, 6.07) is 129. The molecule has 0 atom stereocenters. The van der Waals surface area contributed by atoms with Gasteiger partial charge in [0.05, 0.1) is 38.8 Å². The second-order valence-electron chi connectivity index (χ2n) is 33.8. The van der Waals surface area contributed by atoms with Crippen molar-refractivity contribution in [2.24, 2.45) is 0 Å². The molecule has 0 aliphatic heterocycles. The van der Waals surface area contributed by atoms with Gasteiger partial charge in [0.2, 0.25) is 0 Å². The van der Waals surface area contributed by atoms with E-state index >= 15 is 0 Å². The smallest absolute Gasteiger partial charge is 0.167 e. The number of hydrogen-bond donors (Lipinski definition) is 0. The summed E-state index contributed by atoms with van der Waals surface area (Å²) < 4.78 is 35.6. The lowest BCUT2D eigenvalue weighted by atomic mass is 10.00. The zero-order valence-corrected chi connectivity index (χ0v) is 71.6. The normalized spacial score (nSPS) is 12.2. The number of thiophene rings is 2. The van der Waals surface area contributed by atoms with Gasteiger partial charge in [0.25, 0.3) is 0 Å². The van der Waals surface area contributed by atoms with E-state index in [2.05, 4.69) is 295 Å². The Morgan fingerprint density at radius 2 is 0.580 bits per heavy atom. The molecule has 12 nitrogen and oxygen atoms in total. The van der Waals surface area contributed by atoms with Crippen molar-refractivity contribution in [1.29, 1.82) is 0 Å². The molecule has 19 aromatic carbocycles. The molecule has 0 N–H and O–H groups in total. The van der Waals surface area contributed by atoms with Gasteiger partial charge in [0, 0.05) is 133 Å². The molecule has 10 heterocycles. The first-order valence-corrected chi connectivity index (χ1v) is 45.4. The first kappa shape index (κ1) is 73.2. The highest BCUT2D eigenvalue weighted by molar-refractivity contribution is 7.26. The zero-order valence-electron chi connectivity index (χ0n) is 70.0. The van der Waals surface area contributed by atoms with Crippen LogP contribution in [0.1, 0.15) is 11.3 Å². The Balaban J connectivity index is 0.000000131. The van der Waals surface area contributed by atoms with E-state index in [1.807, 2.05) is 97.9 Å². The van der Waals surface area contributed by atoms with Crippen molar-refractivity contribution in [2.45, 2.75) is 6.92 Å². The van der Waals surface area contributed by atoms with Gasteiger partial charge in [-0.05, 0) is 159 Å². The van der Waals surface area contributed by atoms with Crippen LogP contribution in [0.4, 0.5) is 0 Å². The largest absolute Gasteiger partial charge is 0.460 e. The monoisotopic (exact) mass is 1710 g/mol. The van der Waals surface area contributed by atoms with Crippen LogP contribution in [0.25, 0.3) is 290 Å². The summed E-state index contributed by atoms with van der Waals surface area (Å²) in [7, 11) is 0. The van der Waals surface area contributed by atoms with Crippen LogP contribution in [0.3, 0.4) is 0 Å². The molecular formula is C117H66N8O4S2. The fourth-order valence-corrected chi connectivity index (χ4v) is 23.1. The molecule has 0 radical (unpaired) electrons. The third kappa shape index (κ3) is 11.0. The number of nitrogens with zero attached hydrogens (tertiary/aromatic N) is 8. The topological polar surface area (TPSA) is 140 Å². The number of furan rings is 4. The number of fused-ring (bicyclic) bond motifs is 30. The summed E-state index contributed by atoms with van der Waals surface area (Å²) in [5.74, 6) is 3.99. The molecule has 29 rings (SSSR count). The molecule has 14 heteroatoms. The molecule has 0 bridgehead atoms. The third-order valence-corrected chi connectivity index (χ3v) is 29.0. The van der Waals surface area contributed by atoms with Gasteiger partial charge in [-0.25, -0.2) is 29.9 Å². The van der Waals surface area contributed by atoms with E-state index in [1.165, 1.54) is 84.8 Å². The standard InChI is InChI=1S/C59H32N4O2S.C58H34N4O2S/c1-3-15-36-33(13-1)27-29-47-52(36)53-37-16-4-2-14-34(37)28-30-48(53)63(47)35-31-45-40-19-7-10-26-51(40)66-56(45)46(32-35)59-61-57(43-22-11-20-41-38-17-5-8-24-49(38)64-54(41)43)60-58(62-59)44-23-12-21-42-39-18-6-9-25-50(39)65-55(42)44;1-3-37-32(2)63-54-43(37)19-12-20-44(54)57-59-56(35-23-26-41-40-17-8-10-21-49(40)64-50(41)29-35)60-58(61-57)46-31-36(30-45-42-18-9-11-22-51(42)65-55(45)46)62-47-27-24-33-13-4-6-15-38(33)52(47)53-39-16-7-5-14-34(39)25-28-48(53)62/h1-32H;3-31H,1H2,2H3. The number of benzene rings is 19. The van der Waals surface area contributed by atoms with Crippen molar-refractivity contribution in [3.63, 3.8) is 0 Å². The van der Waals surface area contributed by atoms with Gasteiger partial charge >= 0.3 is 0 Å². The highest BCUT2D eigenvalue weighted by Crippen LogP contribution is 2.51. The molecule has 29 aromatic rings. The summed E-state index contributed by atoms with van der Waals surface area (Å²) in [5, 5.41) is 26.5. The molecule has 610 valence electrons. The highest BCUT2D eigenvalue weighted by atomic mass is 32.1. The predicted molar refractivity (Wildman–Crippen MR) is 543 cm³/mol. The number of aryl methyl sites for hydroxylation is 1. The molecule has 0 aliphatic rings.